The van der Waals surface area contributed by atoms with Gasteiger partial charge in [-0.25, -0.2) is 4.98 Å². The summed E-state index contributed by atoms with van der Waals surface area (Å²) in [7, 11) is 1.61. The molecular weight excluding hydrogens is 316 g/mol. The average molecular weight is 336 g/mol. The van der Waals surface area contributed by atoms with Crippen molar-refractivity contribution >= 4 is 5.91 Å². The minimum absolute atomic E-state index is 0.0923. The van der Waals surface area contributed by atoms with E-state index in [2.05, 4.69) is 10.3 Å². The molecule has 0 aliphatic heterocycles. The molecule has 0 radical (unpaired) electrons. The average Bonchev–Trinajstić information content (AvgIpc) is 3.01. The van der Waals surface area contributed by atoms with E-state index in [1.807, 2.05) is 61.5 Å². The lowest BCUT2D eigenvalue weighted by atomic mass is 10.1. The zero-order valence-electron chi connectivity index (χ0n) is 14.3. The predicted molar refractivity (Wildman–Crippen MR) is 95.2 cm³/mol. The molecule has 3 aromatic rings. The zero-order valence-corrected chi connectivity index (χ0v) is 14.3. The molecule has 0 saturated carbocycles. The van der Waals surface area contributed by atoms with Gasteiger partial charge in [0, 0.05) is 5.56 Å². The van der Waals surface area contributed by atoms with Gasteiger partial charge in [0.1, 0.15) is 17.2 Å². The lowest BCUT2D eigenvalue weighted by Gasteiger charge is -2.05. The fourth-order valence-corrected chi connectivity index (χ4v) is 2.60. The van der Waals surface area contributed by atoms with E-state index in [-0.39, 0.29) is 18.9 Å². The molecule has 1 aromatic heterocycles. The normalized spacial score (nSPS) is 10.5. The first kappa shape index (κ1) is 16.8. The quantitative estimate of drug-likeness (QED) is 0.748. The SMILES string of the molecule is COc1cccc(CC(=O)NCc2nc(-c3ccccc3)c(C)o2)c1. The monoisotopic (exact) mass is 336 g/mol. The number of hydrogen-bond donors (Lipinski definition) is 1. The lowest BCUT2D eigenvalue weighted by molar-refractivity contribution is -0.120. The van der Waals surface area contributed by atoms with Crippen molar-refractivity contribution in [2.24, 2.45) is 0 Å². The van der Waals surface area contributed by atoms with E-state index in [1.54, 1.807) is 7.11 Å². The van der Waals surface area contributed by atoms with Gasteiger partial charge in [-0.1, -0.05) is 42.5 Å². The maximum absolute atomic E-state index is 12.1. The van der Waals surface area contributed by atoms with Crippen LogP contribution in [0.2, 0.25) is 0 Å². The van der Waals surface area contributed by atoms with Crippen LogP contribution in [0, 0.1) is 6.92 Å². The van der Waals surface area contributed by atoms with Crippen molar-refractivity contribution < 1.29 is 13.9 Å². The molecule has 0 fully saturated rings. The number of aryl methyl sites for hydroxylation is 1. The maximum atomic E-state index is 12.1. The number of hydrogen-bond acceptors (Lipinski definition) is 4. The Morgan fingerprint density at radius 1 is 1.16 bits per heavy atom. The fourth-order valence-electron chi connectivity index (χ4n) is 2.60. The molecule has 0 aliphatic carbocycles. The van der Waals surface area contributed by atoms with Gasteiger partial charge < -0.3 is 14.5 Å². The van der Waals surface area contributed by atoms with Crippen LogP contribution in [0.3, 0.4) is 0 Å². The molecule has 0 unspecified atom stereocenters. The number of ether oxygens (including phenoxy) is 1. The summed E-state index contributed by atoms with van der Waals surface area (Å²) in [6, 6.07) is 17.3. The van der Waals surface area contributed by atoms with E-state index in [1.165, 1.54) is 0 Å². The minimum Gasteiger partial charge on any atom is -0.497 e. The van der Waals surface area contributed by atoms with Gasteiger partial charge in [0.2, 0.25) is 11.8 Å². The first-order chi connectivity index (χ1) is 12.2. The van der Waals surface area contributed by atoms with Crippen LogP contribution in [0.25, 0.3) is 11.3 Å². The van der Waals surface area contributed by atoms with Crippen LogP contribution in [0.15, 0.2) is 59.0 Å². The zero-order chi connectivity index (χ0) is 17.6. The molecule has 0 atom stereocenters. The Morgan fingerprint density at radius 3 is 2.72 bits per heavy atom. The van der Waals surface area contributed by atoms with Gasteiger partial charge in [0.25, 0.3) is 0 Å². The first-order valence-corrected chi connectivity index (χ1v) is 8.07. The summed E-state index contributed by atoms with van der Waals surface area (Å²) < 4.78 is 10.8. The number of amides is 1. The van der Waals surface area contributed by atoms with Crippen molar-refractivity contribution in [1.29, 1.82) is 0 Å². The number of oxazole rings is 1. The smallest absolute Gasteiger partial charge is 0.224 e. The highest BCUT2D eigenvalue weighted by atomic mass is 16.5. The Kier molecular flexibility index (Phi) is 5.14. The first-order valence-electron chi connectivity index (χ1n) is 8.07. The van der Waals surface area contributed by atoms with Gasteiger partial charge in [-0.05, 0) is 24.6 Å². The Balaban J connectivity index is 1.61. The summed E-state index contributed by atoms with van der Waals surface area (Å²) in [5, 5.41) is 2.84. The number of carbonyl (C=O) groups excluding carboxylic acids is 1. The largest absolute Gasteiger partial charge is 0.497 e. The molecular formula is C20H20N2O3. The van der Waals surface area contributed by atoms with E-state index in [0.717, 1.165) is 28.3 Å². The molecule has 1 amide bonds. The summed E-state index contributed by atoms with van der Waals surface area (Å²) in [5.41, 5.74) is 2.70. The number of rotatable bonds is 6. The second-order valence-electron chi connectivity index (χ2n) is 5.68. The van der Waals surface area contributed by atoms with Gasteiger partial charge >= 0.3 is 0 Å². The van der Waals surface area contributed by atoms with Gasteiger partial charge in [-0.3, -0.25) is 4.79 Å². The van der Waals surface area contributed by atoms with E-state index in [0.29, 0.717) is 5.89 Å². The molecule has 0 saturated heterocycles. The van der Waals surface area contributed by atoms with Crippen molar-refractivity contribution in [2.75, 3.05) is 7.11 Å². The van der Waals surface area contributed by atoms with Crippen LogP contribution < -0.4 is 10.1 Å². The van der Waals surface area contributed by atoms with E-state index in [4.69, 9.17) is 9.15 Å². The maximum Gasteiger partial charge on any atom is 0.224 e. The molecule has 0 spiro atoms. The number of aromatic nitrogens is 1. The Labute approximate surface area is 146 Å². The highest BCUT2D eigenvalue weighted by molar-refractivity contribution is 5.78. The molecule has 128 valence electrons. The minimum atomic E-state index is -0.0923. The number of nitrogens with one attached hydrogen (secondary N) is 1. The highest BCUT2D eigenvalue weighted by Gasteiger charge is 2.12. The molecule has 2 aromatic carbocycles. The number of carbonyl (C=O) groups is 1. The molecule has 5 heteroatoms. The second-order valence-corrected chi connectivity index (χ2v) is 5.68. The Hall–Kier alpha value is -3.08. The molecule has 25 heavy (non-hydrogen) atoms. The van der Waals surface area contributed by atoms with Crippen molar-refractivity contribution in [1.82, 2.24) is 10.3 Å². The van der Waals surface area contributed by atoms with Crippen molar-refractivity contribution in [2.45, 2.75) is 19.9 Å². The summed E-state index contributed by atoms with van der Waals surface area (Å²) in [6.07, 6.45) is 0.280. The van der Waals surface area contributed by atoms with Gasteiger partial charge in [0.05, 0.1) is 20.1 Å². The van der Waals surface area contributed by atoms with E-state index < -0.39 is 0 Å². The summed E-state index contributed by atoms with van der Waals surface area (Å²) in [5.74, 6) is 1.88. The third kappa shape index (κ3) is 4.26. The van der Waals surface area contributed by atoms with Crippen LogP contribution in [0.4, 0.5) is 0 Å². The standard InChI is InChI=1S/C20H20N2O3/c1-14-20(16-8-4-3-5-9-16)22-19(25-14)13-21-18(23)12-15-7-6-10-17(11-15)24-2/h3-11H,12-13H2,1-2H3,(H,21,23). The van der Waals surface area contributed by atoms with Crippen LogP contribution in [0.1, 0.15) is 17.2 Å². The third-order valence-electron chi connectivity index (χ3n) is 3.82. The summed E-state index contributed by atoms with van der Waals surface area (Å²) in [6.45, 7) is 2.13. The fraction of sp³-hybridized carbons (Fsp3) is 0.200. The lowest BCUT2D eigenvalue weighted by Crippen LogP contribution is -2.24. The highest BCUT2D eigenvalue weighted by Crippen LogP contribution is 2.22. The predicted octanol–water partition coefficient (Wildman–Crippen LogP) is 3.52. The van der Waals surface area contributed by atoms with Crippen LogP contribution in [0.5, 0.6) is 5.75 Å². The molecule has 0 aliphatic rings. The molecule has 0 bridgehead atoms. The van der Waals surface area contributed by atoms with Crippen molar-refractivity contribution in [3.8, 4) is 17.0 Å². The number of nitrogens with zero attached hydrogens (tertiary/aromatic N) is 1. The van der Waals surface area contributed by atoms with Gasteiger partial charge in [-0.2, -0.15) is 0 Å². The molecule has 1 heterocycles. The number of methoxy groups -OCH3 is 1. The van der Waals surface area contributed by atoms with Crippen molar-refractivity contribution in [3.63, 3.8) is 0 Å². The summed E-state index contributed by atoms with van der Waals surface area (Å²) >= 11 is 0. The van der Waals surface area contributed by atoms with Gasteiger partial charge in [-0.15, -0.1) is 0 Å². The Morgan fingerprint density at radius 2 is 1.96 bits per heavy atom. The van der Waals surface area contributed by atoms with Crippen molar-refractivity contribution in [3.05, 3.63) is 71.8 Å². The van der Waals surface area contributed by atoms with E-state index in [9.17, 15) is 4.79 Å². The molecule has 1 N–H and O–H groups in total. The van der Waals surface area contributed by atoms with Gasteiger partial charge in [0.15, 0.2) is 0 Å². The second kappa shape index (κ2) is 7.66. The Bertz CT molecular complexity index is 856. The summed E-state index contributed by atoms with van der Waals surface area (Å²) in [4.78, 5) is 16.6. The van der Waals surface area contributed by atoms with E-state index >= 15 is 0 Å². The third-order valence-corrected chi connectivity index (χ3v) is 3.82. The molecule has 3 rings (SSSR count). The topological polar surface area (TPSA) is 64.4 Å². The van der Waals surface area contributed by atoms with Crippen LogP contribution in [-0.4, -0.2) is 18.0 Å². The van der Waals surface area contributed by atoms with Crippen LogP contribution >= 0.6 is 0 Å². The molecule has 5 nitrogen and oxygen atoms in total. The number of benzene rings is 2. The van der Waals surface area contributed by atoms with Crippen LogP contribution in [-0.2, 0) is 17.8 Å².